The molecule has 4 rings (SSSR count). The number of carbonyl (C=O) groups is 3. The number of carbonyl (C=O) groups excluding carboxylic acids is 3. The summed E-state index contributed by atoms with van der Waals surface area (Å²) in [6.45, 7) is 2.13. The van der Waals surface area contributed by atoms with Gasteiger partial charge in [-0.3, -0.25) is 19.3 Å². The van der Waals surface area contributed by atoms with E-state index in [0.717, 1.165) is 19.3 Å². The Morgan fingerprint density at radius 1 is 1.03 bits per heavy atom. The van der Waals surface area contributed by atoms with Gasteiger partial charge in [0.2, 0.25) is 11.8 Å². The van der Waals surface area contributed by atoms with E-state index >= 15 is 0 Å². The molecule has 3 amide bonds. The van der Waals surface area contributed by atoms with Crippen molar-refractivity contribution >= 4 is 29.1 Å². The highest BCUT2D eigenvalue weighted by Crippen LogP contribution is 2.42. The number of anilines is 2. The largest absolute Gasteiger partial charge is 0.497 e. The number of methoxy groups -OCH3 is 1. The van der Waals surface area contributed by atoms with Crippen molar-refractivity contribution in [2.45, 2.75) is 26.2 Å². The molecule has 1 N–H and O–H groups in total. The third kappa shape index (κ3) is 3.62. The van der Waals surface area contributed by atoms with Gasteiger partial charge in [-0.05, 0) is 61.6 Å². The summed E-state index contributed by atoms with van der Waals surface area (Å²) in [6, 6.07) is 13.7. The Hall–Kier alpha value is -3.15. The van der Waals surface area contributed by atoms with Gasteiger partial charge in [-0.15, -0.1) is 0 Å². The van der Waals surface area contributed by atoms with Crippen LogP contribution in [0.15, 0.2) is 48.5 Å². The normalized spacial score (nSPS) is 23.7. The summed E-state index contributed by atoms with van der Waals surface area (Å²) in [5, 5.41) is 2.82. The first-order chi connectivity index (χ1) is 14.0. The highest BCUT2D eigenvalue weighted by molar-refractivity contribution is 6.22. The monoisotopic (exact) mass is 392 g/mol. The Labute approximate surface area is 169 Å². The molecule has 0 aromatic heterocycles. The average molecular weight is 392 g/mol. The number of ether oxygens (including phenoxy) is 1. The zero-order chi connectivity index (χ0) is 20.5. The number of nitrogens with one attached hydrogen (secondary N) is 1. The Morgan fingerprint density at radius 2 is 1.76 bits per heavy atom. The van der Waals surface area contributed by atoms with E-state index in [-0.39, 0.29) is 29.6 Å². The molecule has 0 unspecified atom stereocenters. The van der Waals surface area contributed by atoms with Gasteiger partial charge in [-0.2, -0.15) is 0 Å². The average Bonchev–Trinajstić information content (AvgIpc) is 2.98. The summed E-state index contributed by atoms with van der Waals surface area (Å²) >= 11 is 0. The van der Waals surface area contributed by atoms with E-state index in [1.165, 1.54) is 4.90 Å². The van der Waals surface area contributed by atoms with Gasteiger partial charge >= 0.3 is 0 Å². The predicted octanol–water partition coefficient (Wildman–Crippen LogP) is 3.87. The molecule has 2 aromatic rings. The lowest BCUT2D eigenvalue weighted by molar-refractivity contribution is -0.122. The molecule has 2 aromatic carbocycles. The molecule has 1 aliphatic carbocycles. The molecule has 6 nitrogen and oxygen atoms in total. The number of amides is 3. The van der Waals surface area contributed by atoms with Crippen LogP contribution < -0.4 is 15.0 Å². The van der Waals surface area contributed by atoms with Crippen LogP contribution in [-0.2, 0) is 9.59 Å². The van der Waals surface area contributed by atoms with Crippen molar-refractivity contribution in [3.8, 4) is 5.75 Å². The van der Waals surface area contributed by atoms with Gasteiger partial charge in [-0.1, -0.05) is 13.0 Å². The number of hydrogen-bond donors (Lipinski definition) is 1. The van der Waals surface area contributed by atoms with Crippen molar-refractivity contribution < 1.29 is 19.1 Å². The molecule has 2 aliphatic rings. The van der Waals surface area contributed by atoms with E-state index in [2.05, 4.69) is 12.2 Å². The molecule has 29 heavy (non-hydrogen) atoms. The third-order valence-electron chi connectivity index (χ3n) is 5.90. The van der Waals surface area contributed by atoms with Gasteiger partial charge in [-0.25, -0.2) is 0 Å². The van der Waals surface area contributed by atoms with Crippen molar-refractivity contribution in [2.24, 2.45) is 17.8 Å². The molecule has 1 saturated carbocycles. The molecule has 1 aliphatic heterocycles. The van der Waals surface area contributed by atoms with E-state index < -0.39 is 0 Å². The number of fused-ring (bicyclic) bond motifs is 1. The van der Waals surface area contributed by atoms with Crippen LogP contribution in [0, 0.1) is 17.8 Å². The Balaban J connectivity index is 1.49. The molecule has 2 fully saturated rings. The maximum atomic E-state index is 12.8. The zero-order valence-corrected chi connectivity index (χ0v) is 16.6. The third-order valence-corrected chi connectivity index (χ3v) is 5.90. The number of nitrogens with zero attached hydrogens (tertiary/aromatic N) is 1. The SMILES string of the molecule is COc1cccc(NC(=O)c2ccc(N3C(=O)[C@H]4CC[C@@H](C)C[C@@H]4C3=O)cc2)c1. The zero-order valence-electron chi connectivity index (χ0n) is 16.6. The summed E-state index contributed by atoms with van der Waals surface area (Å²) in [6.07, 6.45) is 2.53. The second-order valence-corrected chi connectivity index (χ2v) is 7.88. The molecular formula is C23H24N2O4. The molecule has 3 atom stereocenters. The van der Waals surface area contributed by atoms with Gasteiger partial charge in [0, 0.05) is 17.3 Å². The second-order valence-electron chi connectivity index (χ2n) is 7.88. The first kappa shape index (κ1) is 19.2. The summed E-state index contributed by atoms with van der Waals surface area (Å²) in [5.74, 6) is 0.222. The fraction of sp³-hybridized carbons (Fsp3) is 0.348. The highest BCUT2D eigenvalue weighted by Gasteiger charge is 2.49. The minimum atomic E-state index is -0.272. The minimum Gasteiger partial charge on any atom is -0.497 e. The number of hydrogen-bond acceptors (Lipinski definition) is 4. The smallest absolute Gasteiger partial charge is 0.255 e. The molecule has 1 saturated heterocycles. The number of rotatable bonds is 4. The number of benzene rings is 2. The molecule has 0 spiro atoms. The molecule has 0 radical (unpaired) electrons. The maximum Gasteiger partial charge on any atom is 0.255 e. The van der Waals surface area contributed by atoms with Gasteiger partial charge in [0.25, 0.3) is 5.91 Å². The van der Waals surface area contributed by atoms with Crippen molar-refractivity contribution in [1.29, 1.82) is 0 Å². The number of imide groups is 1. The van der Waals surface area contributed by atoms with E-state index in [0.29, 0.717) is 28.6 Å². The standard InChI is InChI=1S/C23H24N2O4/c1-14-6-11-19-20(12-14)23(28)25(22(19)27)17-9-7-15(8-10-17)21(26)24-16-4-3-5-18(13-16)29-2/h3-5,7-10,13-14,19-20H,6,11-12H2,1-2H3,(H,24,26)/t14-,19+,20+/m1/s1. The summed E-state index contributed by atoms with van der Waals surface area (Å²) in [4.78, 5) is 39.4. The van der Waals surface area contributed by atoms with Gasteiger partial charge in [0.1, 0.15) is 5.75 Å². The first-order valence-corrected chi connectivity index (χ1v) is 9.91. The van der Waals surface area contributed by atoms with Crippen LogP contribution in [0.2, 0.25) is 0 Å². The molecular weight excluding hydrogens is 368 g/mol. The minimum absolute atomic E-state index is 0.111. The van der Waals surface area contributed by atoms with Crippen LogP contribution >= 0.6 is 0 Å². The molecule has 150 valence electrons. The van der Waals surface area contributed by atoms with E-state index in [4.69, 9.17) is 4.74 Å². The second kappa shape index (κ2) is 7.70. The Bertz CT molecular complexity index is 954. The van der Waals surface area contributed by atoms with Crippen LogP contribution in [0.1, 0.15) is 36.5 Å². The van der Waals surface area contributed by atoms with Gasteiger partial charge < -0.3 is 10.1 Å². The maximum absolute atomic E-state index is 12.8. The van der Waals surface area contributed by atoms with Gasteiger partial charge in [0.15, 0.2) is 0 Å². The highest BCUT2D eigenvalue weighted by atomic mass is 16.5. The lowest BCUT2D eigenvalue weighted by Gasteiger charge is -2.25. The topological polar surface area (TPSA) is 75.7 Å². The van der Waals surface area contributed by atoms with Crippen molar-refractivity contribution in [3.05, 3.63) is 54.1 Å². The summed E-state index contributed by atoms with van der Waals surface area (Å²) in [5.41, 5.74) is 1.60. The Morgan fingerprint density at radius 3 is 2.48 bits per heavy atom. The van der Waals surface area contributed by atoms with Crippen LogP contribution in [0.3, 0.4) is 0 Å². The van der Waals surface area contributed by atoms with E-state index in [1.54, 1.807) is 55.6 Å². The summed E-state index contributed by atoms with van der Waals surface area (Å²) < 4.78 is 5.16. The lowest BCUT2D eigenvalue weighted by atomic mass is 9.76. The first-order valence-electron chi connectivity index (χ1n) is 9.91. The van der Waals surface area contributed by atoms with Crippen molar-refractivity contribution in [3.63, 3.8) is 0 Å². The predicted molar refractivity (Wildman–Crippen MR) is 110 cm³/mol. The lowest BCUT2D eigenvalue weighted by Crippen LogP contribution is -2.30. The summed E-state index contributed by atoms with van der Waals surface area (Å²) in [7, 11) is 1.57. The van der Waals surface area contributed by atoms with Crippen molar-refractivity contribution in [2.75, 3.05) is 17.3 Å². The van der Waals surface area contributed by atoms with Crippen LogP contribution in [0.25, 0.3) is 0 Å². The van der Waals surface area contributed by atoms with E-state index in [1.807, 2.05) is 0 Å². The quantitative estimate of drug-likeness (QED) is 0.802. The molecule has 6 heteroatoms. The van der Waals surface area contributed by atoms with Gasteiger partial charge in [0.05, 0.1) is 24.6 Å². The fourth-order valence-corrected chi connectivity index (χ4v) is 4.31. The Kier molecular flexibility index (Phi) is 5.09. The van der Waals surface area contributed by atoms with Crippen molar-refractivity contribution in [1.82, 2.24) is 0 Å². The molecule has 0 bridgehead atoms. The van der Waals surface area contributed by atoms with Crippen LogP contribution in [-0.4, -0.2) is 24.8 Å². The van der Waals surface area contributed by atoms with Crippen LogP contribution in [0.5, 0.6) is 5.75 Å². The van der Waals surface area contributed by atoms with E-state index in [9.17, 15) is 14.4 Å². The fourth-order valence-electron chi connectivity index (χ4n) is 4.31. The molecule has 1 heterocycles. The van der Waals surface area contributed by atoms with Crippen LogP contribution in [0.4, 0.5) is 11.4 Å².